The van der Waals surface area contributed by atoms with E-state index in [0.717, 1.165) is 30.5 Å². The van der Waals surface area contributed by atoms with Crippen molar-refractivity contribution in [2.24, 2.45) is 0 Å². The molecule has 25 nitrogen and oxygen atoms in total. The fourth-order valence-electron chi connectivity index (χ4n) is 5.68. The molecular weight excluding hydrogens is 949 g/mol. The number of aliphatic hydroxyl groups excluding tert-OH is 2. The van der Waals surface area contributed by atoms with Crippen molar-refractivity contribution >= 4 is 111 Å². The topological polar surface area (TPSA) is 387 Å². The van der Waals surface area contributed by atoms with Crippen LogP contribution in [0.3, 0.4) is 0 Å². The molecule has 0 unspecified atom stereocenters. The fraction of sp³-hybridized carbons (Fsp3) is 0.135. The van der Waals surface area contributed by atoms with Gasteiger partial charge < -0.3 is 42.1 Å². The fourth-order valence-corrected chi connectivity index (χ4v) is 8.35. The molecule has 2 heterocycles. The molecular formula is C37H38N12O13S4. The second-order valence-corrected chi connectivity index (χ2v) is 19.7. The maximum Gasteiger partial charge on any atom is 0.295 e. The summed E-state index contributed by atoms with van der Waals surface area (Å²) in [6.07, 6.45) is 3.51. The van der Waals surface area contributed by atoms with Crippen LogP contribution in [-0.4, -0.2) is 120 Å². The van der Waals surface area contributed by atoms with Crippen LogP contribution in [0.1, 0.15) is 11.1 Å². The van der Waals surface area contributed by atoms with Gasteiger partial charge in [-0.1, -0.05) is 36.4 Å². The normalized spacial score (nSPS) is 12.2. The van der Waals surface area contributed by atoms with E-state index in [1.165, 1.54) is 72.8 Å². The highest BCUT2D eigenvalue weighted by Gasteiger charge is 2.19. The summed E-state index contributed by atoms with van der Waals surface area (Å²) in [5.74, 6) is -0.662. The number of sulfone groups is 1. The van der Waals surface area contributed by atoms with Crippen molar-refractivity contribution in [2.75, 3.05) is 64.5 Å². The zero-order chi connectivity index (χ0) is 47.9. The van der Waals surface area contributed by atoms with Crippen molar-refractivity contribution in [1.29, 1.82) is 0 Å². The number of rotatable bonds is 20. The average Bonchev–Trinajstić information content (AvgIpc) is 3.23. The molecule has 0 bridgehead atoms. The summed E-state index contributed by atoms with van der Waals surface area (Å²) in [4.78, 5) is 23.6. The van der Waals surface area contributed by atoms with E-state index in [1.807, 2.05) is 0 Å². The van der Waals surface area contributed by atoms with E-state index in [-0.39, 0.29) is 101 Å². The zero-order valence-corrected chi connectivity index (χ0v) is 37.2. The van der Waals surface area contributed by atoms with Gasteiger partial charge in [0.05, 0.1) is 27.9 Å². The third-order valence-electron chi connectivity index (χ3n) is 8.50. The van der Waals surface area contributed by atoms with Gasteiger partial charge in [-0.2, -0.15) is 55.2 Å². The SMILES string of the molecule is CS(=O)(=O)c1cc(Nc2nc(NCCO)nc(Nc3cccc(S(=O)(=O)O)c3)n2)ccc1/C=C/c1ccc(Nc2nc(NCCO)nc(Nc3cccc(S(=O)(=O)O)c3)n2)cc1S(=O)(=O)O. The van der Waals surface area contributed by atoms with Crippen LogP contribution in [0.15, 0.2) is 105 Å². The van der Waals surface area contributed by atoms with E-state index in [9.17, 15) is 57.5 Å². The molecule has 0 aliphatic heterocycles. The summed E-state index contributed by atoms with van der Waals surface area (Å²) in [6, 6.07) is 18.1. The summed E-state index contributed by atoms with van der Waals surface area (Å²) in [6.45, 7) is -0.551. The van der Waals surface area contributed by atoms with Crippen LogP contribution < -0.4 is 31.9 Å². The quantitative estimate of drug-likeness (QED) is 0.0386. The molecule has 2 aromatic heterocycles. The Morgan fingerprint density at radius 2 is 0.803 bits per heavy atom. The smallest absolute Gasteiger partial charge is 0.295 e. The van der Waals surface area contributed by atoms with E-state index < -0.39 is 54.9 Å². The number of nitrogens with one attached hydrogen (secondary N) is 6. The molecule has 0 fully saturated rings. The monoisotopic (exact) mass is 986 g/mol. The Labute approximate surface area is 376 Å². The third kappa shape index (κ3) is 13.3. The number of hydrogen-bond acceptors (Lipinski definition) is 22. The molecule has 0 aliphatic carbocycles. The average molecular weight is 987 g/mol. The summed E-state index contributed by atoms with van der Waals surface area (Å²) >= 11 is 0. The lowest BCUT2D eigenvalue weighted by molar-refractivity contribution is 0.310. The molecule has 11 N–H and O–H groups in total. The first-order chi connectivity index (χ1) is 31.1. The molecule has 0 atom stereocenters. The molecule has 6 aromatic rings. The first kappa shape index (κ1) is 48.5. The van der Waals surface area contributed by atoms with Gasteiger partial charge in [0.15, 0.2) is 9.84 Å². The molecule has 66 heavy (non-hydrogen) atoms. The van der Waals surface area contributed by atoms with Crippen LogP contribution in [0, 0.1) is 0 Å². The van der Waals surface area contributed by atoms with Crippen LogP contribution in [0.25, 0.3) is 12.2 Å². The summed E-state index contributed by atoms with van der Waals surface area (Å²) in [5, 5.41) is 35.4. The van der Waals surface area contributed by atoms with E-state index in [0.29, 0.717) is 0 Å². The van der Waals surface area contributed by atoms with Crippen molar-refractivity contribution in [3.8, 4) is 0 Å². The van der Waals surface area contributed by atoms with Crippen molar-refractivity contribution < 1.29 is 57.5 Å². The minimum absolute atomic E-state index is 0.0132. The number of aliphatic hydroxyl groups is 2. The van der Waals surface area contributed by atoms with Crippen LogP contribution in [-0.2, 0) is 40.2 Å². The lowest BCUT2D eigenvalue weighted by Crippen LogP contribution is -2.12. The van der Waals surface area contributed by atoms with E-state index >= 15 is 0 Å². The van der Waals surface area contributed by atoms with Gasteiger partial charge in [-0.05, 0) is 71.8 Å². The predicted octanol–water partition coefficient (Wildman–Crippen LogP) is 3.15. The number of aromatic nitrogens is 6. The number of hydrogen-bond donors (Lipinski definition) is 11. The standard InChI is InChI=1S/C37H38N12O13S4/c1-63(52,53)30-20-26(42-36-46-32(38-14-16-50)44-34(48-36)40-24-4-2-6-28(18-24)64(54,55)56)12-10-22(30)8-9-23-11-13-27(21-31(23)66(60,61)62)43-37-47-33(39-15-17-51)45-35(49-37)41-25-5-3-7-29(19-25)65(57,58)59/h2-13,18-21,50-51H,14-17H2,1H3,(H,54,55,56)(H,57,58,59)(H,60,61,62)(H3,38,40,42,44,46,48)(H3,39,41,43,45,47,49)/b9-8+. The highest BCUT2D eigenvalue weighted by molar-refractivity contribution is 7.90. The van der Waals surface area contributed by atoms with Gasteiger partial charge in [0, 0.05) is 42.1 Å². The molecule has 0 saturated heterocycles. The molecule has 348 valence electrons. The second kappa shape index (κ2) is 20.1. The lowest BCUT2D eigenvalue weighted by Gasteiger charge is -2.13. The molecule has 6 rings (SSSR count). The van der Waals surface area contributed by atoms with Crippen molar-refractivity contribution in [2.45, 2.75) is 19.6 Å². The molecule has 0 spiro atoms. The number of anilines is 10. The Morgan fingerprint density at radius 1 is 0.455 bits per heavy atom. The van der Waals surface area contributed by atoms with Crippen molar-refractivity contribution in [3.63, 3.8) is 0 Å². The largest absolute Gasteiger partial charge is 0.395 e. The second-order valence-electron chi connectivity index (χ2n) is 13.5. The van der Waals surface area contributed by atoms with Gasteiger partial charge in [0.1, 0.15) is 4.90 Å². The predicted molar refractivity (Wildman–Crippen MR) is 241 cm³/mol. The maximum absolute atomic E-state index is 13.1. The van der Waals surface area contributed by atoms with Gasteiger partial charge in [-0.15, -0.1) is 0 Å². The zero-order valence-electron chi connectivity index (χ0n) is 33.9. The van der Waals surface area contributed by atoms with Crippen LogP contribution >= 0.6 is 0 Å². The summed E-state index contributed by atoms with van der Waals surface area (Å²) in [7, 11) is -18.0. The molecule has 0 aliphatic rings. The van der Waals surface area contributed by atoms with Crippen molar-refractivity contribution in [3.05, 3.63) is 96.1 Å². The minimum Gasteiger partial charge on any atom is -0.395 e. The highest BCUT2D eigenvalue weighted by atomic mass is 32.2. The molecule has 0 radical (unpaired) electrons. The Kier molecular flexibility index (Phi) is 14.7. The highest BCUT2D eigenvalue weighted by Crippen LogP contribution is 2.29. The molecule has 0 amide bonds. The van der Waals surface area contributed by atoms with Crippen LogP contribution in [0.5, 0.6) is 0 Å². The maximum atomic E-state index is 13.1. The summed E-state index contributed by atoms with van der Waals surface area (Å²) in [5.41, 5.74) is 0.572. The number of nitrogens with zero attached hydrogens (tertiary/aromatic N) is 6. The van der Waals surface area contributed by atoms with E-state index in [1.54, 1.807) is 0 Å². The van der Waals surface area contributed by atoms with Gasteiger partial charge >= 0.3 is 0 Å². The van der Waals surface area contributed by atoms with Gasteiger partial charge in [-0.3, -0.25) is 13.7 Å². The van der Waals surface area contributed by atoms with Gasteiger partial charge in [0.25, 0.3) is 30.4 Å². The summed E-state index contributed by atoms with van der Waals surface area (Å²) < 4.78 is 127. The Hall–Kier alpha value is -6.96. The third-order valence-corrected chi connectivity index (χ3v) is 12.3. The Bertz CT molecular complexity index is 3060. The van der Waals surface area contributed by atoms with E-state index in [2.05, 4.69) is 61.8 Å². The Balaban J connectivity index is 1.28. The minimum atomic E-state index is -4.94. The van der Waals surface area contributed by atoms with E-state index in [4.69, 9.17) is 0 Å². The lowest BCUT2D eigenvalue weighted by atomic mass is 10.1. The van der Waals surface area contributed by atoms with Gasteiger partial charge in [0.2, 0.25) is 35.7 Å². The molecule has 29 heteroatoms. The van der Waals surface area contributed by atoms with Crippen LogP contribution in [0.4, 0.5) is 58.4 Å². The van der Waals surface area contributed by atoms with Gasteiger partial charge in [-0.25, -0.2) is 8.42 Å². The Morgan fingerprint density at radius 3 is 1.15 bits per heavy atom. The first-order valence-electron chi connectivity index (χ1n) is 18.7. The molecule has 4 aromatic carbocycles. The number of benzene rings is 4. The first-order valence-corrected chi connectivity index (χ1v) is 24.9. The van der Waals surface area contributed by atoms with Crippen molar-refractivity contribution in [1.82, 2.24) is 29.9 Å². The van der Waals surface area contributed by atoms with Crippen LogP contribution in [0.2, 0.25) is 0 Å². The molecule has 0 saturated carbocycles.